The number of nitro benzene ring substituents is 1. The molecular formula is C9H8Br2ClNO5S. The van der Waals surface area contributed by atoms with Crippen molar-refractivity contribution >= 4 is 57.3 Å². The summed E-state index contributed by atoms with van der Waals surface area (Å²) in [5.74, 6) is 0.175. The Morgan fingerprint density at radius 3 is 2.26 bits per heavy atom. The molecule has 0 aliphatic rings. The third-order valence-corrected chi connectivity index (χ3v) is 4.39. The van der Waals surface area contributed by atoms with E-state index in [0.717, 1.165) is 0 Å². The molecule has 0 bridgehead atoms. The number of non-ortho nitro benzene ring substituents is 1. The highest BCUT2D eigenvalue weighted by atomic mass is 79.9. The predicted octanol–water partition coefficient (Wildman–Crippen LogP) is 3.46. The van der Waals surface area contributed by atoms with Gasteiger partial charge in [-0.15, -0.1) is 0 Å². The molecule has 0 aliphatic carbocycles. The Morgan fingerprint density at radius 1 is 1.32 bits per heavy atom. The number of nitro groups is 1. The number of halogens is 3. The molecule has 0 atom stereocenters. The van der Waals surface area contributed by atoms with E-state index in [-0.39, 0.29) is 24.5 Å². The molecule has 0 spiro atoms. The number of hydrogen-bond acceptors (Lipinski definition) is 5. The molecule has 0 radical (unpaired) electrons. The molecule has 0 saturated heterocycles. The fourth-order valence-corrected chi connectivity index (χ4v) is 3.38. The van der Waals surface area contributed by atoms with Gasteiger partial charge in [0.2, 0.25) is 9.05 Å². The summed E-state index contributed by atoms with van der Waals surface area (Å²) in [7, 11) is 1.52. The predicted molar refractivity (Wildman–Crippen MR) is 78.2 cm³/mol. The number of hydrogen-bond donors (Lipinski definition) is 0. The molecule has 0 unspecified atom stereocenters. The summed E-state index contributed by atoms with van der Waals surface area (Å²) in [6.45, 7) is 0.126. The Balaban J connectivity index is 2.72. The molecule has 1 aromatic rings. The van der Waals surface area contributed by atoms with Gasteiger partial charge < -0.3 is 4.74 Å². The molecule has 0 aliphatic heterocycles. The minimum atomic E-state index is -3.54. The molecule has 106 valence electrons. The maximum Gasteiger partial charge on any atom is 0.271 e. The molecule has 1 rings (SSSR count). The van der Waals surface area contributed by atoms with Crippen LogP contribution in [0.25, 0.3) is 0 Å². The van der Waals surface area contributed by atoms with Crippen LogP contribution in [0.15, 0.2) is 21.1 Å². The molecule has 0 N–H and O–H groups in total. The second-order valence-corrected chi connectivity index (χ2v) is 8.05. The number of rotatable bonds is 6. The van der Waals surface area contributed by atoms with Crippen molar-refractivity contribution in [2.75, 3.05) is 12.4 Å². The molecule has 0 saturated carbocycles. The highest BCUT2D eigenvalue weighted by molar-refractivity contribution is 9.11. The van der Waals surface area contributed by atoms with E-state index >= 15 is 0 Å². The van der Waals surface area contributed by atoms with Crippen LogP contribution in [0.3, 0.4) is 0 Å². The van der Waals surface area contributed by atoms with Crippen molar-refractivity contribution in [3.63, 3.8) is 0 Å². The van der Waals surface area contributed by atoms with Crippen LogP contribution >= 0.6 is 42.5 Å². The lowest BCUT2D eigenvalue weighted by atomic mass is 10.3. The molecule has 1 aromatic carbocycles. The summed E-state index contributed by atoms with van der Waals surface area (Å²) < 4.78 is 27.6. The lowest BCUT2D eigenvalue weighted by molar-refractivity contribution is -0.385. The Morgan fingerprint density at radius 2 is 1.84 bits per heavy atom. The van der Waals surface area contributed by atoms with Crippen LogP contribution in [0.4, 0.5) is 5.69 Å². The zero-order valence-electron chi connectivity index (χ0n) is 9.31. The lowest BCUT2D eigenvalue weighted by Gasteiger charge is -2.09. The average Bonchev–Trinajstić information content (AvgIpc) is 2.25. The minimum absolute atomic E-state index is 0.0885. The first kappa shape index (κ1) is 16.7. The average molecular weight is 437 g/mol. The fourth-order valence-electron chi connectivity index (χ4n) is 1.20. The van der Waals surface area contributed by atoms with Crippen molar-refractivity contribution in [1.29, 1.82) is 0 Å². The monoisotopic (exact) mass is 435 g/mol. The first-order valence-electron chi connectivity index (χ1n) is 4.89. The van der Waals surface area contributed by atoms with E-state index in [9.17, 15) is 18.5 Å². The number of nitrogens with zero attached hydrogens (tertiary/aromatic N) is 1. The lowest BCUT2D eigenvalue weighted by Crippen LogP contribution is -2.05. The van der Waals surface area contributed by atoms with Gasteiger partial charge in [0.15, 0.2) is 0 Å². The maximum absolute atomic E-state index is 10.7. The van der Waals surface area contributed by atoms with Crippen molar-refractivity contribution in [2.24, 2.45) is 0 Å². The van der Waals surface area contributed by atoms with Gasteiger partial charge in [0.25, 0.3) is 5.69 Å². The summed E-state index contributed by atoms with van der Waals surface area (Å²) in [6.07, 6.45) is 0.224. The van der Waals surface area contributed by atoms with E-state index in [1.165, 1.54) is 12.1 Å². The topological polar surface area (TPSA) is 86.5 Å². The zero-order valence-corrected chi connectivity index (χ0v) is 14.1. The van der Waals surface area contributed by atoms with Crippen LogP contribution < -0.4 is 4.74 Å². The Labute approximate surface area is 130 Å². The molecule has 19 heavy (non-hydrogen) atoms. The summed E-state index contributed by atoms with van der Waals surface area (Å²) in [5, 5.41) is 10.6. The van der Waals surface area contributed by atoms with E-state index in [1.807, 2.05) is 0 Å². The van der Waals surface area contributed by atoms with Crippen molar-refractivity contribution in [3.05, 3.63) is 31.2 Å². The standard InChI is InChI=1S/C9H8Br2ClNO5S/c10-7-4-6(13(14)15)5-8(11)9(7)18-2-1-3-19(12,16)17/h4-5H,1-3H2. The van der Waals surface area contributed by atoms with E-state index in [1.54, 1.807) is 0 Å². The normalized spacial score (nSPS) is 11.3. The first-order chi connectivity index (χ1) is 8.70. The largest absolute Gasteiger partial charge is 0.491 e. The quantitative estimate of drug-likeness (QED) is 0.294. The molecule has 6 nitrogen and oxygen atoms in total. The van der Waals surface area contributed by atoms with Gasteiger partial charge in [-0.1, -0.05) is 0 Å². The van der Waals surface area contributed by atoms with Gasteiger partial charge in [0.05, 0.1) is 26.2 Å². The van der Waals surface area contributed by atoms with Gasteiger partial charge in [-0.2, -0.15) is 0 Å². The van der Waals surface area contributed by atoms with Crippen LogP contribution in [-0.2, 0) is 9.05 Å². The van der Waals surface area contributed by atoms with Crippen LogP contribution in [0, 0.1) is 10.1 Å². The second-order valence-electron chi connectivity index (χ2n) is 3.44. The summed E-state index contributed by atoms with van der Waals surface area (Å²) in [6, 6.07) is 2.61. The van der Waals surface area contributed by atoms with Gasteiger partial charge in [0.1, 0.15) is 5.75 Å². The van der Waals surface area contributed by atoms with Crippen molar-refractivity contribution in [3.8, 4) is 5.75 Å². The summed E-state index contributed by atoms with van der Waals surface area (Å²) in [4.78, 5) is 10.1. The Kier molecular flexibility index (Phi) is 6.03. The third-order valence-electron chi connectivity index (χ3n) is 1.97. The van der Waals surface area contributed by atoms with Crippen LogP contribution in [0.5, 0.6) is 5.75 Å². The third kappa shape index (κ3) is 5.64. The van der Waals surface area contributed by atoms with E-state index < -0.39 is 14.0 Å². The molecule has 0 aromatic heterocycles. The number of ether oxygens (including phenoxy) is 1. The van der Waals surface area contributed by atoms with Gasteiger partial charge in [-0.3, -0.25) is 10.1 Å². The van der Waals surface area contributed by atoms with Gasteiger partial charge >= 0.3 is 0 Å². The van der Waals surface area contributed by atoms with Crippen LogP contribution in [0.1, 0.15) is 6.42 Å². The Hall–Kier alpha value is -0.380. The maximum atomic E-state index is 10.7. The van der Waals surface area contributed by atoms with E-state index in [4.69, 9.17) is 15.4 Å². The highest BCUT2D eigenvalue weighted by Crippen LogP contribution is 2.37. The molecule has 0 amide bonds. The van der Waals surface area contributed by atoms with Crippen molar-refractivity contribution < 1.29 is 18.1 Å². The molecule has 0 fully saturated rings. The first-order valence-corrected chi connectivity index (χ1v) is 8.95. The molecular weight excluding hydrogens is 429 g/mol. The molecule has 10 heteroatoms. The second kappa shape index (κ2) is 6.87. The van der Waals surface area contributed by atoms with Gasteiger partial charge in [0, 0.05) is 22.8 Å². The van der Waals surface area contributed by atoms with E-state index in [0.29, 0.717) is 14.7 Å². The van der Waals surface area contributed by atoms with Gasteiger partial charge in [-0.25, -0.2) is 8.42 Å². The SMILES string of the molecule is O=[N+]([O-])c1cc(Br)c(OCCCS(=O)(=O)Cl)c(Br)c1. The fraction of sp³-hybridized carbons (Fsp3) is 0.333. The summed E-state index contributed by atoms with van der Waals surface area (Å²) >= 11 is 6.31. The Bertz CT molecular complexity index is 569. The van der Waals surface area contributed by atoms with Crippen molar-refractivity contribution in [1.82, 2.24) is 0 Å². The highest BCUT2D eigenvalue weighted by Gasteiger charge is 2.15. The van der Waals surface area contributed by atoms with Crippen LogP contribution in [0.2, 0.25) is 0 Å². The summed E-state index contributed by atoms with van der Waals surface area (Å²) in [5.41, 5.74) is -0.0885. The smallest absolute Gasteiger partial charge is 0.271 e. The van der Waals surface area contributed by atoms with Gasteiger partial charge in [-0.05, 0) is 38.3 Å². The number of benzene rings is 1. The molecule has 0 heterocycles. The van der Waals surface area contributed by atoms with Crippen LogP contribution in [-0.4, -0.2) is 25.7 Å². The zero-order chi connectivity index (χ0) is 14.6. The van der Waals surface area contributed by atoms with Crippen molar-refractivity contribution in [2.45, 2.75) is 6.42 Å². The van der Waals surface area contributed by atoms with E-state index in [2.05, 4.69) is 31.9 Å². The minimum Gasteiger partial charge on any atom is -0.491 e.